The summed E-state index contributed by atoms with van der Waals surface area (Å²) in [6.45, 7) is 10.1. The van der Waals surface area contributed by atoms with Crippen LogP contribution < -0.4 is 5.32 Å². The van der Waals surface area contributed by atoms with Crippen molar-refractivity contribution in [3.8, 4) is 10.6 Å². The van der Waals surface area contributed by atoms with Crippen LogP contribution in [0.4, 0.5) is 5.13 Å². The summed E-state index contributed by atoms with van der Waals surface area (Å²) in [5.74, 6) is 0.00982. The molecule has 0 aliphatic heterocycles. The maximum atomic E-state index is 11.9. The molecular weight excluding hydrogens is 290 g/mol. The van der Waals surface area contributed by atoms with E-state index in [1.165, 1.54) is 11.3 Å². The van der Waals surface area contributed by atoms with Gasteiger partial charge in [-0.05, 0) is 19.3 Å². The third-order valence-corrected chi connectivity index (χ3v) is 4.43. The minimum Gasteiger partial charge on any atom is -0.302 e. The average Bonchev–Trinajstić information content (AvgIpc) is 2.82. The Kier molecular flexibility index (Phi) is 4.25. The van der Waals surface area contributed by atoms with Crippen molar-refractivity contribution in [2.24, 2.45) is 5.41 Å². The summed E-state index contributed by atoms with van der Waals surface area (Å²) in [6.07, 6.45) is 0.487. The Balaban J connectivity index is 2.10. The number of amides is 1. The Morgan fingerprint density at radius 2 is 2.00 bits per heavy atom. The molecule has 6 heteroatoms. The monoisotopic (exact) mass is 309 g/mol. The van der Waals surface area contributed by atoms with Gasteiger partial charge in [0.1, 0.15) is 0 Å². The van der Waals surface area contributed by atoms with Crippen LogP contribution in [0.2, 0.25) is 0 Å². The van der Waals surface area contributed by atoms with Gasteiger partial charge in [0.25, 0.3) is 0 Å². The third-order valence-electron chi connectivity index (χ3n) is 2.58. The van der Waals surface area contributed by atoms with Gasteiger partial charge < -0.3 is 5.32 Å². The highest BCUT2D eigenvalue weighted by Crippen LogP contribution is 2.32. The van der Waals surface area contributed by atoms with E-state index in [0.29, 0.717) is 11.6 Å². The highest BCUT2D eigenvalue weighted by atomic mass is 32.1. The SMILES string of the molecule is Cc1nc(C)c(-c2csc(NC(=O)CC(C)(C)C)n2)s1. The summed E-state index contributed by atoms with van der Waals surface area (Å²) in [5.41, 5.74) is 1.87. The summed E-state index contributed by atoms with van der Waals surface area (Å²) in [4.78, 5) is 21.9. The van der Waals surface area contributed by atoms with Gasteiger partial charge in [0.05, 0.1) is 21.3 Å². The zero-order chi connectivity index (χ0) is 14.9. The number of aromatic nitrogens is 2. The Labute approximate surface area is 127 Å². The van der Waals surface area contributed by atoms with Crippen molar-refractivity contribution in [3.05, 3.63) is 16.1 Å². The van der Waals surface area contributed by atoms with Crippen molar-refractivity contribution in [2.45, 2.75) is 41.0 Å². The molecule has 20 heavy (non-hydrogen) atoms. The van der Waals surface area contributed by atoms with E-state index >= 15 is 0 Å². The quantitative estimate of drug-likeness (QED) is 0.921. The maximum Gasteiger partial charge on any atom is 0.226 e. The second kappa shape index (κ2) is 5.61. The van der Waals surface area contributed by atoms with E-state index in [9.17, 15) is 4.79 Å². The molecule has 0 aliphatic rings. The van der Waals surface area contributed by atoms with Gasteiger partial charge >= 0.3 is 0 Å². The lowest BCUT2D eigenvalue weighted by Gasteiger charge is -2.16. The second-order valence-electron chi connectivity index (χ2n) is 5.97. The zero-order valence-corrected chi connectivity index (χ0v) is 14.0. The van der Waals surface area contributed by atoms with Gasteiger partial charge in [-0.2, -0.15) is 0 Å². The molecule has 0 aliphatic carbocycles. The number of hydrogen-bond acceptors (Lipinski definition) is 5. The van der Waals surface area contributed by atoms with E-state index in [4.69, 9.17) is 0 Å². The van der Waals surface area contributed by atoms with E-state index in [-0.39, 0.29) is 11.3 Å². The zero-order valence-electron chi connectivity index (χ0n) is 12.4. The lowest BCUT2D eigenvalue weighted by atomic mass is 9.92. The smallest absolute Gasteiger partial charge is 0.226 e. The molecule has 0 aromatic carbocycles. The lowest BCUT2D eigenvalue weighted by molar-refractivity contribution is -0.117. The predicted molar refractivity (Wildman–Crippen MR) is 85.4 cm³/mol. The fraction of sp³-hybridized carbons (Fsp3) is 0.500. The van der Waals surface area contributed by atoms with E-state index in [2.05, 4.69) is 15.3 Å². The Morgan fingerprint density at radius 3 is 2.55 bits per heavy atom. The first-order valence-corrected chi connectivity index (χ1v) is 8.14. The summed E-state index contributed by atoms with van der Waals surface area (Å²) in [6, 6.07) is 0. The van der Waals surface area contributed by atoms with Crippen LogP contribution in [0, 0.1) is 19.3 Å². The maximum absolute atomic E-state index is 11.9. The number of nitrogens with one attached hydrogen (secondary N) is 1. The van der Waals surface area contributed by atoms with Crippen molar-refractivity contribution >= 4 is 33.7 Å². The van der Waals surface area contributed by atoms with Gasteiger partial charge in [0, 0.05) is 11.8 Å². The number of nitrogens with zero attached hydrogens (tertiary/aromatic N) is 2. The first-order valence-electron chi connectivity index (χ1n) is 6.44. The average molecular weight is 309 g/mol. The second-order valence-corrected chi connectivity index (χ2v) is 8.03. The molecule has 0 saturated heterocycles. The number of hydrogen-bond donors (Lipinski definition) is 1. The van der Waals surface area contributed by atoms with Crippen molar-refractivity contribution in [2.75, 3.05) is 5.32 Å². The molecule has 2 aromatic heterocycles. The van der Waals surface area contributed by atoms with Crippen molar-refractivity contribution < 1.29 is 4.79 Å². The van der Waals surface area contributed by atoms with Gasteiger partial charge in [-0.25, -0.2) is 9.97 Å². The van der Waals surface area contributed by atoms with Crippen LogP contribution in [0.3, 0.4) is 0 Å². The van der Waals surface area contributed by atoms with Crippen molar-refractivity contribution in [3.63, 3.8) is 0 Å². The summed E-state index contributed by atoms with van der Waals surface area (Å²) in [5, 5.41) is 6.52. The topological polar surface area (TPSA) is 54.9 Å². The van der Waals surface area contributed by atoms with Crippen LogP contribution in [0.5, 0.6) is 0 Å². The van der Waals surface area contributed by atoms with Crippen molar-refractivity contribution in [1.82, 2.24) is 9.97 Å². The van der Waals surface area contributed by atoms with E-state index in [1.807, 2.05) is 40.0 Å². The summed E-state index contributed by atoms with van der Waals surface area (Å²) < 4.78 is 0. The molecule has 1 amide bonds. The van der Waals surface area contributed by atoms with Gasteiger partial charge in [0.2, 0.25) is 5.91 Å². The summed E-state index contributed by atoms with van der Waals surface area (Å²) >= 11 is 3.08. The standard InChI is InChI=1S/C14H19N3OS2/c1-8-12(20-9(2)15-8)10-7-19-13(16-10)17-11(18)6-14(3,4)5/h7H,6H2,1-5H3,(H,16,17,18). The van der Waals surface area contributed by atoms with Crippen LogP contribution >= 0.6 is 22.7 Å². The van der Waals surface area contributed by atoms with Gasteiger partial charge in [-0.3, -0.25) is 4.79 Å². The fourth-order valence-electron chi connectivity index (χ4n) is 1.85. The molecule has 0 saturated carbocycles. The Hall–Kier alpha value is -1.27. The van der Waals surface area contributed by atoms with Crippen LogP contribution in [0.25, 0.3) is 10.6 Å². The summed E-state index contributed by atoms with van der Waals surface area (Å²) in [7, 11) is 0. The fourth-order valence-corrected chi connectivity index (χ4v) is 3.52. The Morgan fingerprint density at radius 1 is 1.30 bits per heavy atom. The Bertz CT molecular complexity index is 623. The predicted octanol–water partition coefficient (Wildman–Crippen LogP) is 4.26. The molecule has 0 fully saturated rings. The van der Waals surface area contributed by atoms with Gasteiger partial charge in [-0.15, -0.1) is 22.7 Å². The molecule has 2 rings (SSSR count). The molecule has 1 N–H and O–H groups in total. The molecule has 0 spiro atoms. The number of carbonyl (C=O) groups excluding carboxylic acids is 1. The molecule has 108 valence electrons. The van der Waals surface area contributed by atoms with Gasteiger partial charge in [-0.1, -0.05) is 20.8 Å². The minimum atomic E-state index is -0.0183. The largest absolute Gasteiger partial charge is 0.302 e. The molecule has 0 bridgehead atoms. The number of anilines is 1. The number of thiazole rings is 2. The first kappa shape index (κ1) is 15.1. The highest BCUT2D eigenvalue weighted by Gasteiger charge is 2.17. The molecule has 0 atom stereocenters. The number of aryl methyl sites for hydroxylation is 2. The number of carbonyl (C=O) groups is 1. The van der Waals surface area contributed by atoms with E-state index in [1.54, 1.807) is 11.3 Å². The minimum absolute atomic E-state index is 0.00982. The van der Waals surface area contributed by atoms with Crippen molar-refractivity contribution in [1.29, 1.82) is 0 Å². The first-order chi connectivity index (χ1) is 9.24. The molecular formula is C14H19N3OS2. The molecule has 2 aromatic rings. The number of rotatable bonds is 3. The molecule has 4 nitrogen and oxygen atoms in total. The molecule has 0 radical (unpaired) electrons. The van der Waals surface area contributed by atoms with Crippen LogP contribution in [-0.4, -0.2) is 15.9 Å². The third kappa shape index (κ3) is 3.86. The van der Waals surface area contributed by atoms with E-state index < -0.39 is 0 Å². The lowest BCUT2D eigenvalue weighted by Crippen LogP contribution is -2.19. The van der Waals surface area contributed by atoms with Gasteiger partial charge in [0.15, 0.2) is 5.13 Å². The molecule has 2 heterocycles. The van der Waals surface area contributed by atoms with E-state index in [0.717, 1.165) is 21.3 Å². The highest BCUT2D eigenvalue weighted by molar-refractivity contribution is 7.16. The normalized spacial score (nSPS) is 11.7. The molecule has 0 unspecified atom stereocenters. The van der Waals surface area contributed by atoms with Crippen LogP contribution in [0.15, 0.2) is 5.38 Å². The van der Waals surface area contributed by atoms with Crippen LogP contribution in [0.1, 0.15) is 37.9 Å². The van der Waals surface area contributed by atoms with Crippen LogP contribution in [-0.2, 0) is 4.79 Å².